The summed E-state index contributed by atoms with van der Waals surface area (Å²) in [6, 6.07) is 14.6. The molecule has 1 N–H and O–H groups in total. The van der Waals surface area contributed by atoms with Gasteiger partial charge in [0, 0.05) is 10.7 Å². The zero-order valence-corrected chi connectivity index (χ0v) is 16.9. The first-order chi connectivity index (χ1) is 14.0. The topological polar surface area (TPSA) is 81.4 Å². The van der Waals surface area contributed by atoms with Crippen LogP contribution in [0.2, 0.25) is 5.02 Å². The number of hydrogen-bond donors (Lipinski definition) is 1. The number of anilines is 1. The standard InChI is InChI=1S/C21H18ClN5O2/c1-12-18(14-7-9-17(29-3)10-8-14)20-25-24-19(13(2)27(20)26-12)21(28)23-16-6-4-5-15(22)11-16/h4-11H,1-3H3,(H,23,28). The second kappa shape index (κ2) is 7.52. The van der Waals surface area contributed by atoms with E-state index in [0.717, 1.165) is 22.6 Å². The number of ether oxygens (including phenoxy) is 1. The van der Waals surface area contributed by atoms with Crippen LogP contribution in [-0.2, 0) is 0 Å². The number of halogens is 1. The number of aromatic nitrogens is 4. The van der Waals surface area contributed by atoms with Crippen LogP contribution in [0.25, 0.3) is 16.8 Å². The largest absolute Gasteiger partial charge is 0.497 e. The SMILES string of the molecule is COc1ccc(-c2c(C)nn3c(C)c(C(=O)Nc4cccc(Cl)c4)nnc23)cc1. The molecule has 2 aromatic heterocycles. The van der Waals surface area contributed by atoms with Crippen LogP contribution < -0.4 is 10.1 Å². The normalized spacial score (nSPS) is 10.9. The number of carbonyl (C=O) groups is 1. The van der Waals surface area contributed by atoms with Gasteiger partial charge in [0.1, 0.15) is 5.75 Å². The first-order valence-corrected chi connectivity index (χ1v) is 9.29. The van der Waals surface area contributed by atoms with Gasteiger partial charge in [-0.05, 0) is 49.7 Å². The molecule has 29 heavy (non-hydrogen) atoms. The maximum Gasteiger partial charge on any atom is 0.278 e. The van der Waals surface area contributed by atoms with Crippen LogP contribution in [0.1, 0.15) is 21.9 Å². The Bertz CT molecular complexity index is 1220. The molecular weight excluding hydrogens is 390 g/mol. The lowest BCUT2D eigenvalue weighted by Crippen LogP contribution is -2.18. The number of nitrogens with one attached hydrogen (secondary N) is 1. The molecule has 1 amide bonds. The number of nitrogens with zero attached hydrogens (tertiary/aromatic N) is 4. The molecule has 0 unspecified atom stereocenters. The number of benzene rings is 2. The number of methoxy groups -OCH3 is 1. The fourth-order valence-corrected chi connectivity index (χ4v) is 3.36. The van der Waals surface area contributed by atoms with Crippen LogP contribution in [0.4, 0.5) is 5.69 Å². The molecular formula is C21H18ClN5O2. The Balaban J connectivity index is 1.73. The fraction of sp³-hybridized carbons (Fsp3) is 0.143. The van der Waals surface area contributed by atoms with Crippen LogP contribution in [0.5, 0.6) is 5.75 Å². The number of hydrogen-bond acceptors (Lipinski definition) is 5. The number of fused-ring (bicyclic) bond motifs is 1. The Hall–Kier alpha value is -3.45. The number of amides is 1. The summed E-state index contributed by atoms with van der Waals surface area (Å²) in [5.74, 6) is 0.392. The van der Waals surface area contributed by atoms with Gasteiger partial charge in [0.2, 0.25) is 0 Å². The molecule has 0 saturated carbocycles. The summed E-state index contributed by atoms with van der Waals surface area (Å²) in [6.07, 6.45) is 0. The third kappa shape index (κ3) is 3.52. The van der Waals surface area contributed by atoms with Gasteiger partial charge in [0.15, 0.2) is 11.3 Å². The maximum absolute atomic E-state index is 12.7. The van der Waals surface area contributed by atoms with Gasteiger partial charge >= 0.3 is 0 Å². The van der Waals surface area contributed by atoms with Crippen molar-refractivity contribution in [3.8, 4) is 16.9 Å². The third-order valence-corrected chi connectivity index (χ3v) is 4.85. The maximum atomic E-state index is 12.7. The molecule has 0 aliphatic carbocycles. The smallest absolute Gasteiger partial charge is 0.278 e. The lowest BCUT2D eigenvalue weighted by molar-refractivity contribution is 0.102. The van der Waals surface area contributed by atoms with Crippen molar-refractivity contribution < 1.29 is 9.53 Å². The van der Waals surface area contributed by atoms with Crippen molar-refractivity contribution >= 4 is 28.8 Å². The Morgan fingerprint density at radius 1 is 1.10 bits per heavy atom. The highest BCUT2D eigenvalue weighted by molar-refractivity contribution is 6.30. The highest BCUT2D eigenvalue weighted by Crippen LogP contribution is 2.29. The molecule has 0 saturated heterocycles. The van der Waals surface area contributed by atoms with E-state index >= 15 is 0 Å². The van der Waals surface area contributed by atoms with Gasteiger partial charge in [-0.15, -0.1) is 10.2 Å². The molecule has 0 spiro atoms. The van der Waals surface area contributed by atoms with Gasteiger partial charge in [-0.2, -0.15) is 5.10 Å². The van der Waals surface area contributed by atoms with Crippen LogP contribution in [-0.4, -0.2) is 32.8 Å². The highest BCUT2D eigenvalue weighted by atomic mass is 35.5. The Kier molecular flexibility index (Phi) is 4.90. The van der Waals surface area contributed by atoms with Crippen molar-refractivity contribution in [2.45, 2.75) is 13.8 Å². The molecule has 146 valence electrons. The van der Waals surface area contributed by atoms with E-state index in [9.17, 15) is 4.79 Å². The highest BCUT2D eigenvalue weighted by Gasteiger charge is 2.20. The Morgan fingerprint density at radius 3 is 2.55 bits per heavy atom. The predicted molar refractivity (Wildman–Crippen MR) is 112 cm³/mol. The van der Waals surface area contributed by atoms with Crippen LogP contribution in [0.3, 0.4) is 0 Å². The van der Waals surface area contributed by atoms with E-state index in [-0.39, 0.29) is 11.6 Å². The van der Waals surface area contributed by atoms with E-state index in [1.807, 2.05) is 31.2 Å². The van der Waals surface area contributed by atoms with Crippen LogP contribution in [0.15, 0.2) is 48.5 Å². The molecule has 2 heterocycles. The van der Waals surface area contributed by atoms with E-state index in [1.165, 1.54) is 0 Å². The molecule has 0 aliphatic rings. The summed E-state index contributed by atoms with van der Waals surface area (Å²) >= 11 is 5.98. The summed E-state index contributed by atoms with van der Waals surface area (Å²) in [4.78, 5) is 12.7. The summed E-state index contributed by atoms with van der Waals surface area (Å²) in [5.41, 5.74) is 4.57. The van der Waals surface area contributed by atoms with E-state index in [1.54, 1.807) is 42.8 Å². The van der Waals surface area contributed by atoms with Gasteiger partial charge in [0.25, 0.3) is 5.91 Å². The van der Waals surface area contributed by atoms with Crippen molar-refractivity contribution in [2.24, 2.45) is 0 Å². The Labute approximate surface area is 172 Å². The monoisotopic (exact) mass is 407 g/mol. The molecule has 8 heteroatoms. The van der Waals surface area contributed by atoms with E-state index in [4.69, 9.17) is 16.3 Å². The van der Waals surface area contributed by atoms with Crippen LogP contribution >= 0.6 is 11.6 Å². The van der Waals surface area contributed by atoms with Crippen molar-refractivity contribution in [2.75, 3.05) is 12.4 Å². The second-order valence-corrected chi connectivity index (χ2v) is 6.96. The van der Waals surface area contributed by atoms with Crippen molar-refractivity contribution in [1.82, 2.24) is 19.8 Å². The summed E-state index contributed by atoms with van der Waals surface area (Å²) in [6.45, 7) is 3.69. The molecule has 4 aromatic rings. The van der Waals surface area contributed by atoms with E-state index in [2.05, 4.69) is 20.6 Å². The van der Waals surface area contributed by atoms with Gasteiger partial charge in [-0.1, -0.05) is 29.8 Å². The first kappa shape index (κ1) is 18.9. The summed E-state index contributed by atoms with van der Waals surface area (Å²) in [5, 5.41) is 16.4. The molecule has 0 radical (unpaired) electrons. The molecule has 0 atom stereocenters. The minimum Gasteiger partial charge on any atom is -0.497 e. The summed E-state index contributed by atoms with van der Waals surface area (Å²) < 4.78 is 6.87. The minimum atomic E-state index is -0.377. The molecule has 0 fully saturated rings. The van der Waals surface area contributed by atoms with E-state index < -0.39 is 0 Å². The zero-order valence-electron chi connectivity index (χ0n) is 16.1. The van der Waals surface area contributed by atoms with Crippen molar-refractivity contribution in [3.05, 3.63) is 70.6 Å². The Morgan fingerprint density at radius 2 is 1.86 bits per heavy atom. The quantitative estimate of drug-likeness (QED) is 0.544. The molecule has 0 bridgehead atoms. The molecule has 4 rings (SSSR count). The lowest BCUT2D eigenvalue weighted by Gasteiger charge is -2.08. The minimum absolute atomic E-state index is 0.196. The lowest BCUT2D eigenvalue weighted by atomic mass is 10.1. The van der Waals surface area contributed by atoms with Crippen molar-refractivity contribution in [3.63, 3.8) is 0 Å². The zero-order chi connectivity index (χ0) is 20.5. The number of rotatable bonds is 4. The molecule has 2 aromatic carbocycles. The second-order valence-electron chi connectivity index (χ2n) is 6.52. The first-order valence-electron chi connectivity index (χ1n) is 8.92. The average molecular weight is 408 g/mol. The summed E-state index contributed by atoms with van der Waals surface area (Å²) in [7, 11) is 1.63. The average Bonchev–Trinajstić information content (AvgIpc) is 3.05. The number of carbonyl (C=O) groups excluding carboxylic acids is 1. The van der Waals surface area contributed by atoms with Gasteiger partial charge in [-0.3, -0.25) is 4.79 Å². The van der Waals surface area contributed by atoms with Crippen LogP contribution in [0, 0.1) is 13.8 Å². The molecule has 7 nitrogen and oxygen atoms in total. The third-order valence-electron chi connectivity index (χ3n) is 4.62. The number of aryl methyl sites for hydroxylation is 2. The van der Waals surface area contributed by atoms with E-state index in [0.29, 0.717) is 22.1 Å². The molecule has 0 aliphatic heterocycles. The predicted octanol–water partition coefficient (Wildman–Crippen LogP) is 4.32. The fourth-order valence-electron chi connectivity index (χ4n) is 3.17. The van der Waals surface area contributed by atoms with Gasteiger partial charge < -0.3 is 10.1 Å². The van der Waals surface area contributed by atoms with Crippen molar-refractivity contribution in [1.29, 1.82) is 0 Å². The van der Waals surface area contributed by atoms with Gasteiger partial charge in [0.05, 0.1) is 24.1 Å². The van der Waals surface area contributed by atoms with Gasteiger partial charge in [-0.25, -0.2) is 4.52 Å².